The summed E-state index contributed by atoms with van der Waals surface area (Å²) in [7, 11) is 6.75. The molecule has 0 aliphatic heterocycles. The lowest BCUT2D eigenvalue weighted by Gasteiger charge is -2.29. The number of rotatable bonds is 27. The monoisotopic (exact) mass is 597 g/mol. The van der Waals surface area contributed by atoms with Crippen LogP contribution in [0.3, 0.4) is 0 Å². The first kappa shape index (κ1) is 36.8. The van der Waals surface area contributed by atoms with E-state index >= 15 is 0 Å². The predicted octanol–water partition coefficient (Wildman–Crippen LogP) is 5.94. The second-order valence-corrected chi connectivity index (χ2v) is 11.4. The molecule has 0 aliphatic rings. The molecule has 0 aromatic heterocycles. The van der Waals surface area contributed by atoms with Crippen LogP contribution in [0, 0.1) is 0 Å². The molecular weight excluding hydrogens is 533 g/mol. The Labute approximate surface area is 233 Å². The number of likely N-dealkylation sites (N-methyl/N-ethyl adjacent to an activating group) is 1. The maximum atomic E-state index is 6.25. The lowest BCUT2D eigenvalue weighted by Crippen LogP contribution is -3.00. The van der Waals surface area contributed by atoms with Crippen molar-refractivity contribution in [2.45, 2.75) is 148 Å². The first-order valence-corrected chi connectivity index (χ1v) is 15.0. The van der Waals surface area contributed by atoms with Crippen molar-refractivity contribution in [1.29, 1.82) is 0 Å². The molecule has 0 aromatic rings. The molecule has 34 heavy (non-hydrogen) atoms. The van der Waals surface area contributed by atoms with Gasteiger partial charge in [0, 0.05) is 13.2 Å². The SMILES string of the molecule is CCCCCCCCCCCCOCC(C[N+](C)(C)C)OCCCCCCCCCCCC.[I-]. The van der Waals surface area contributed by atoms with Crippen LogP contribution in [0.25, 0.3) is 0 Å². The summed E-state index contributed by atoms with van der Waals surface area (Å²) in [4.78, 5) is 0. The standard InChI is InChI=1S/C30H64NO2.HI/c1-6-8-10-12-14-16-18-20-22-24-26-32-29-30(28-31(3,4)5)33-27-25-23-21-19-17-15-13-11-9-7-2;/h30H,6-29H2,1-5H3;1H/q+1;/p-1. The highest BCUT2D eigenvalue weighted by Crippen LogP contribution is 2.12. The molecule has 1 unspecified atom stereocenters. The molecule has 208 valence electrons. The summed E-state index contributed by atoms with van der Waals surface area (Å²) in [5, 5.41) is 0. The normalized spacial score (nSPS) is 12.6. The minimum absolute atomic E-state index is 0. The van der Waals surface area contributed by atoms with Crippen molar-refractivity contribution in [2.24, 2.45) is 0 Å². The molecule has 0 saturated carbocycles. The minimum atomic E-state index is 0. The third kappa shape index (κ3) is 30.6. The predicted molar refractivity (Wildman–Crippen MR) is 147 cm³/mol. The summed E-state index contributed by atoms with van der Waals surface area (Å²) in [6, 6.07) is 0. The molecule has 0 aliphatic carbocycles. The Balaban J connectivity index is 0. The van der Waals surface area contributed by atoms with E-state index in [-0.39, 0.29) is 30.1 Å². The number of quaternary nitrogens is 1. The molecule has 0 aromatic carbocycles. The number of nitrogens with zero attached hydrogens (tertiary/aromatic N) is 1. The van der Waals surface area contributed by atoms with Crippen molar-refractivity contribution in [3.8, 4) is 0 Å². The van der Waals surface area contributed by atoms with E-state index in [1.807, 2.05) is 0 Å². The van der Waals surface area contributed by atoms with Gasteiger partial charge < -0.3 is 37.9 Å². The lowest BCUT2D eigenvalue weighted by atomic mass is 10.1. The fraction of sp³-hybridized carbons (Fsp3) is 1.00. The fourth-order valence-electron chi connectivity index (χ4n) is 4.51. The molecule has 0 heterocycles. The Morgan fingerprint density at radius 3 is 1.24 bits per heavy atom. The van der Waals surface area contributed by atoms with Crippen molar-refractivity contribution < 1.29 is 37.9 Å². The average Bonchev–Trinajstić information content (AvgIpc) is 2.77. The number of halogens is 1. The highest BCUT2D eigenvalue weighted by atomic mass is 127. The zero-order valence-corrected chi connectivity index (χ0v) is 26.3. The molecule has 0 saturated heterocycles. The zero-order valence-electron chi connectivity index (χ0n) is 24.2. The minimum Gasteiger partial charge on any atom is -1.00 e. The van der Waals surface area contributed by atoms with Gasteiger partial charge in [0.1, 0.15) is 12.6 Å². The van der Waals surface area contributed by atoms with E-state index in [1.165, 1.54) is 128 Å². The fourth-order valence-corrected chi connectivity index (χ4v) is 4.51. The van der Waals surface area contributed by atoms with Gasteiger partial charge in [-0.3, -0.25) is 0 Å². The van der Waals surface area contributed by atoms with Gasteiger partial charge in [-0.05, 0) is 12.8 Å². The molecule has 0 rings (SSSR count). The molecule has 0 spiro atoms. The summed E-state index contributed by atoms with van der Waals surface area (Å²) >= 11 is 0. The smallest absolute Gasteiger partial charge is 0.130 e. The van der Waals surface area contributed by atoms with E-state index in [4.69, 9.17) is 9.47 Å². The van der Waals surface area contributed by atoms with E-state index in [2.05, 4.69) is 35.0 Å². The maximum absolute atomic E-state index is 6.25. The molecule has 0 N–H and O–H groups in total. The molecule has 4 heteroatoms. The molecule has 0 fully saturated rings. The quantitative estimate of drug-likeness (QED) is 0.0663. The summed E-state index contributed by atoms with van der Waals surface area (Å²) in [5.74, 6) is 0. The Morgan fingerprint density at radius 2 is 0.853 bits per heavy atom. The molecule has 0 bridgehead atoms. The molecule has 0 amide bonds. The van der Waals surface area contributed by atoms with E-state index in [0.29, 0.717) is 0 Å². The Hall–Kier alpha value is 0.610. The molecule has 0 radical (unpaired) electrons. The van der Waals surface area contributed by atoms with Gasteiger partial charge in [-0.25, -0.2) is 0 Å². The second kappa shape index (κ2) is 28.2. The van der Waals surface area contributed by atoms with Crippen LogP contribution in [-0.2, 0) is 9.47 Å². The summed E-state index contributed by atoms with van der Waals surface area (Å²) in [6.07, 6.45) is 27.7. The van der Waals surface area contributed by atoms with Gasteiger partial charge in [-0.15, -0.1) is 0 Å². The van der Waals surface area contributed by atoms with Gasteiger partial charge in [0.15, 0.2) is 0 Å². The third-order valence-corrected chi connectivity index (χ3v) is 6.55. The van der Waals surface area contributed by atoms with Gasteiger partial charge in [-0.2, -0.15) is 0 Å². The van der Waals surface area contributed by atoms with Crippen LogP contribution in [0.1, 0.15) is 142 Å². The van der Waals surface area contributed by atoms with Crippen LogP contribution in [0.2, 0.25) is 0 Å². The van der Waals surface area contributed by atoms with Gasteiger partial charge in [0.2, 0.25) is 0 Å². The second-order valence-electron chi connectivity index (χ2n) is 11.4. The maximum Gasteiger partial charge on any atom is 0.130 e. The first-order valence-electron chi connectivity index (χ1n) is 15.0. The van der Waals surface area contributed by atoms with Crippen LogP contribution >= 0.6 is 0 Å². The van der Waals surface area contributed by atoms with Gasteiger partial charge in [0.25, 0.3) is 0 Å². The van der Waals surface area contributed by atoms with Crippen molar-refractivity contribution >= 4 is 0 Å². The van der Waals surface area contributed by atoms with Crippen LogP contribution in [0.4, 0.5) is 0 Å². The van der Waals surface area contributed by atoms with E-state index in [1.54, 1.807) is 0 Å². The average molecular weight is 598 g/mol. The molecular formula is C30H64INO2. The third-order valence-electron chi connectivity index (χ3n) is 6.55. The highest BCUT2D eigenvalue weighted by Gasteiger charge is 2.19. The van der Waals surface area contributed by atoms with Crippen LogP contribution in [0.15, 0.2) is 0 Å². The van der Waals surface area contributed by atoms with Gasteiger partial charge in [-0.1, -0.05) is 129 Å². The van der Waals surface area contributed by atoms with Crippen molar-refractivity contribution in [3.05, 3.63) is 0 Å². The lowest BCUT2D eigenvalue weighted by molar-refractivity contribution is -0.873. The van der Waals surface area contributed by atoms with Crippen LogP contribution in [0.5, 0.6) is 0 Å². The topological polar surface area (TPSA) is 18.5 Å². The van der Waals surface area contributed by atoms with E-state index < -0.39 is 0 Å². The molecule has 3 nitrogen and oxygen atoms in total. The van der Waals surface area contributed by atoms with Crippen LogP contribution in [-0.4, -0.2) is 58.1 Å². The Morgan fingerprint density at radius 1 is 0.500 bits per heavy atom. The van der Waals surface area contributed by atoms with E-state index in [9.17, 15) is 0 Å². The number of hydrogen-bond donors (Lipinski definition) is 0. The van der Waals surface area contributed by atoms with Gasteiger partial charge in [0.05, 0.1) is 27.7 Å². The summed E-state index contributed by atoms with van der Waals surface area (Å²) in [6.45, 7) is 8.14. The van der Waals surface area contributed by atoms with E-state index in [0.717, 1.165) is 30.8 Å². The summed E-state index contributed by atoms with van der Waals surface area (Å²) in [5.41, 5.74) is 0. The van der Waals surface area contributed by atoms with Crippen LogP contribution < -0.4 is 24.0 Å². The zero-order chi connectivity index (χ0) is 24.5. The highest BCUT2D eigenvalue weighted by molar-refractivity contribution is 4.57. The van der Waals surface area contributed by atoms with Gasteiger partial charge >= 0.3 is 0 Å². The molecule has 1 atom stereocenters. The summed E-state index contributed by atoms with van der Waals surface area (Å²) < 4.78 is 13.2. The van der Waals surface area contributed by atoms with Crippen molar-refractivity contribution in [1.82, 2.24) is 0 Å². The largest absolute Gasteiger partial charge is 1.00 e. The first-order chi connectivity index (χ1) is 16.0. The Bertz CT molecular complexity index is 373. The Kier molecular flexibility index (Phi) is 30.5. The number of hydrogen-bond acceptors (Lipinski definition) is 2. The van der Waals surface area contributed by atoms with Crippen molar-refractivity contribution in [3.63, 3.8) is 0 Å². The van der Waals surface area contributed by atoms with Crippen molar-refractivity contribution in [2.75, 3.05) is 47.5 Å². The number of ether oxygens (including phenoxy) is 2. The number of unbranched alkanes of at least 4 members (excludes halogenated alkanes) is 18.